The van der Waals surface area contributed by atoms with Crippen molar-refractivity contribution in [1.29, 1.82) is 0 Å². The Morgan fingerprint density at radius 1 is 1.27 bits per heavy atom. The standard InChI is InChI=1S/C14H18N4O7S/c15-12(19)6-11(16-14(21)22)13(20)18-4-3-8-1-2-10(5-9(8)7-18)17-26(23,24)25/h1-2,5,11,16-17H,3-4,6-7H2,(H2,15,19)(H,21,22)(H,23,24,25)/t11-/m1/s1. The molecule has 0 unspecified atom stereocenters. The van der Waals surface area contributed by atoms with Gasteiger partial charge in [-0.25, -0.2) is 4.79 Å². The lowest BCUT2D eigenvalue weighted by atomic mass is 9.98. The molecule has 1 aromatic carbocycles. The first-order valence-electron chi connectivity index (χ1n) is 7.49. The smallest absolute Gasteiger partial charge is 0.405 e. The number of carbonyl (C=O) groups excluding carboxylic acids is 2. The van der Waals surface area contributed by atoms with E-state index in [0.717, 1.165) is 5.56 Å². The molecule has 0 aromatic heterocycles. The quantitative estimate of drug-likeness (QED) is 0.401. The fourth-order valence-corrected chi connectivity index (χ4v) is 3.15. The molecule has 1 aliphatic heterocycles. The second-order valence-corrected chi connectivity index (χ2v) is 6.90. The van der Waals surface area contributed by atoms with Gasteiger partial charge < -0.3 is 21.1 Å². The molecule has 12 heteroatoms. The zero-order chi connectivity index (χ0) is 19.5. The van der Waals surface area contributed by atoms with Crippen molar-refractivity contribution in [2.75, 3.05) is 11.3 Å². The number of nitrogens with two attached hydrogens (primary N) is 1. The fraction of sp³-hybridized carbons (Fsp3) is 0.357. The maximum atomic E-state index is 12.5. The largest absolute Gasteiger partial charge is 0.465 e. The second-order valence-electron chi connectivity index (χ2n) is 5.74. The van der Waals surface area contributed by atoms with E-state index in [1.807, 2.05) is 10.0 Å². The van der Waals surface area contributed by atoms with Crippen LogP contribution in [0.25, 0.3) is 0 Å². The van der Waals surface area contributed by atoms with Crippen LogP contribution < -0.4 is 15.8 Å². The maximum absolute atomic E-state index is 12.5. The number of nitrogens with zero attached hydrogens (tertiary/aromatic N) is 1. The number of anilines is 1. The van der Waals surface area contributed by atoms with Crippen molar-refractivity contribution in [2.45, 2.75) is 25.4 Å². The molecule has 0 saturated heterocycles. The molecule has 3 amide bonds. The van der Waals surface area contributed by atoms with Crippen molar-refractivity contribution in [3.63, 3.8) is 0 Å². The topological polar surface area (TPSA) is 179 Å². The highest BCUT2D eigenvalue weighted by molar-refractivity contribution is 7.87. The zero-order valence-corrected chi connectivity index (χ0v) is 14.3. The van der Waals surface area contributed by atoms with E-state index in [4.69, 9.17) is 15.4 Å². The Bertz CT molecular complexity index is 824. The molecule has 1 aromatic rings. The molecular weight excluding hydrogens is 368 g/mol. The van der Waals surface area contributed by atoms with Gasteiger partial charge in [0, 0.05) is 13.1 Å². The van der Waals surface area contributed by atoms with Crippen molar-refractivity contribution in [2.24, 2.45) is 5.73 Å². The number of hydrogen-bond donors (Lipinski definition) is 5. The van der Waals surface area contributed by atoms with Crippen LogP contribution in [0.5, 0.6) is 0 Å². The Morgan fingerprint density at radius 2 is 1.96 bits per heavy atom. The molecule has 1 atom stereocenters. The molecule has 2 rings (SSSR count). The van der Waals surface area contributed by atoms with Crippen LogP contribution in [0.2, 0.25) is 0 Å². The van der Waals surface area contributed by atoms with E-state index in [9.17, 15) is 22.8 Å². The zero-order valence-electron chi connectivity index (χ0n) is 13.5. The van der Waals surface area contributed by atoms with E-state index >= 15 is 0 Å². The van der Waals surface area contributed by atoms with Crippen LogP contribution in [0.1, 0.15) is 17.5 Å². The number of primary amides is 1. The minimum absolute atomic E-state index is 0.0890. The summed E-state index contributed by atoms with van der Waals surface area (Å²) in [6.07, 6.45) is -1.47. The van der Waals surface area contributed by atoms with Crippen molar-refractivity contribution in [1.82, 2.24) is 10.2 Å². The molecule has 0 spiro atoms. The van der Waals surface area contributed by atoms with Crippen molar-refractivity contribution in [3.05, 3.63) is 29.3 Å². The lowest BCUT2D eigenvalue weighted by molar-refractivity contribution is -0.136. The molecule has 0 radical (unpaired) electrons. The minimum atomic E-state index is -4.43. The highest BCUT2D eigenvalue weighted by Gasteiger charge is 2.29. The first-order valence-corrected chi connectivity index (χ1v) is 8.93. The van der Waals surface area contributed by atoms with E-state index in [-0.39, 0.29) is 12.2 Å². The highest BCUT2D eigenvalue weighted by Crippen LogP contribution is 2.23. The summed E-state index contributed by atoms with van der Waals surface area (Å²) in [5.41, 5.74) is 6.70. The Hall–Kier alpha value is -2.86. The lowest BCUT2D eigenvalue weighted by Gasteiger charge is -2.31. The Kier molecular flexibility index (Phi) is 5.67. The van der Waals surface area contributed by atoms with E-state index < -0.39 is 40.7 Å². The molecular formula is C14H18N4O7S. The number of rotatable bonds is 6. The van der Waals surface area contributed by atoms with Gasteiger partial charge in [0.25, 0.3) is 0 Å². The van der Waals surface area contributed by atoms with Crippen LogP contribution in [-0.4, -0.2) is 53.5 Å². The van der Waals surface area contributed by atoms with E-state index in [1.165, 1.54) is 17.0 Å². The normalized spacial score (nSPS) is 14.9. The van der Waals surface area contributed by atoms with Crippen LogP contribution in [0.15, 0.2) is 18.2 Å². The number of amides is 3. The van der Waals surface area contributed by atoms with Crippen LogP contribution in [0.3, 0.4) is 0 Å². The van der Waals surface area contributed by atoms with Crippen LogP contribution in [0, 0.1) is 0 Å². The van der Waals surface area contributed by atoms with Gasteiger partial charge in [-0.3, -0.25) is 18.9 Å². The first-order chi connectivity index (χ1) is 12.0. The van der Waals surface area contributed by atoms with Gasteiger partial charge in [-0.05, 0) is 29.7 Å². The Morgan fingerprint density at radius 3 is 2.54 bits per heavy atom. The van der Waals surface area contributed by atoms with Gasteiger partial charge in [0.05, 0.1) is 12.1 Å². The van der Waals surface area contributed by atoms with Gasteiger partial charge in [-0.1, -0.05) is 6.07 Å². The molecule has 0 fully saturated rings. The summed E-state index contributed by atoms with van der Waals surface area (Å²) in [6, 6.07) is 3.31. The summed E-state index contributed by atoms with van der Waals surface area (Å²) in [4.78, 5) is 35.8. The molecule has 0 saturated carbocycles. The summed E-state index contributed by atoms with van der Waals surface area (Å²) < 4.78 is 32.6. The fourth-order valence-electron chi connectivity index (χ4n) is 2.73. The molecule has 11 nitrogen and oxygen atoms in total. The van der Waals surface area contributed by atoms with Crippen LogP contribution in [0.4, 0.5) is 10.5 Å². The summed E-state index contributed by atoms with van der Waals surface area (Å²) >= 11 is 0. The SMILES string of the molecule is NC(=O)C[C@@H](NC(=O)O)C(=O)N1CCc2ccc(NS(=O)(=O)O)cc2C1. The van der Waals surface area contributed by atoms with Gasteiger partial charge in [-0.2, -0.15) is 8.42 Å². The predicted octanol–water partition coefficient (Wildman–Crippen LogP) is -0.702. The maximum Gasteiger partial charge on any atom is 0.405 e. The molecule has 0 bridgehead atoms. The minimum Gasteiger partial charge on any atom is -0.465 e. The van der Waals surface area contributed by atoms with Gasteiger partial charge >= 0.3 is 16.4 Å². The average molecular weight is 386 g/mol. The highest BCUT2D eigenvalue weighted by atomic mass is 32.2. The second kappa shape index (κ2) is 7.58. The molecule has 6 N–H and O–H groups in total. The van der Waals surface area contributed by atoms with E-state index in [1.54, 1.807) is 6.07 Å². The summed E-state index contributed by atoms with van der Waals surface area (Å²) in [6.45, 7) is 0.388. The van der Waals surface area contributed by atoms with Gasteiger partial charge in [-0.15, -0.1) is 0 Å². The summed E-state index contributed by atoms with van der Waals surface area (Å²) in [7, 11) is -4.43. The van der Waals surface area contributed by atoms with Crippen molar-refractivity contribution < 1.29 is 32.5 Å². The average Bonchev–Trinajstić information content (AvgIpc) is 2.50. The van der Waals surface area contributed by atoms with Crippen LogP contribution in [-0.2, 0) is 32.9 Å². The number of carboxylic acid groups (broad SMARTS) is 1. The molecule has 0 aliphatic carbocycles. The summed E-state index contributed by atoms with van der Waals surface area (Å²) in [5.74, 6) is -1.43. The number of hydrogen-bond acceptors (Lipinski definition) is 5. The number of benzene rings is 1. The Balaban J connectivity index is 2.18. The van der Waals surface area contributed by atoms with E-state index in [2.05, 4.69) is 0 Å². The molecule has 1 heterocycles. The number of carbonyl (C=O) groups is 3. The number of fused-ring (bicyclic) bond motifs is 1. The van der Waals surface area contributed by atoms with Crippen molar-refractivity contribution in [3.8, 4) is 0 Å². The molecule has 26 heavy (non-hydrogen) atoms. The predicted molar refractivity (Wildman–Crippen MR) is 89.5 cm³/mol. The third-order valence-corrected chi connectivity index (χ3v) is 4.27. The van der Waals surface area contributed by atoms with Crippen LogP contribution >= 0.6 is 0 Å². The summed E-state index contributed by atoms with van der Waals surface area (Å²) in [5, 5.41) is 10.8. The molecule has 1 aliphatic rings. The first kappa shape index (κ1) is 19.5. The van der Waals surface area contributed by atoms with Crippen molar-refractivity contribution >= 4 is 33.9 Å². The number of nitrogens with one attached hydrogen (secondary N) is 2. The monoisotopic (exact) mass is 386 g/mol. The Labute approximate surface area is 149 Å². The van der Waals surface area contributed by atoms with Gasteiger partial charge in [0.1, 0.15) is 6.04 Å². The lowest BCUT2D eigenvalue weighted by Crippen LogP contribution is -2.51. The van der Waals surface area contributed by atoms with Gasteiger partial charge in [0.2, 0.25) is 11.8 Å². The third-order valence-electron chi connectivity index (χ3n) is 3.78. The molecule has 142 valence electrons. The van der Waals surface area contributed by atoms with E-state index in [0.29, 0.717) is 18.5 Å². The van der Waals surface area contributed by atoms with Gasteiger partial charge in [0.15, 0.2) is 0 Å². The third kappa shape index (κ3) is 5.32.